The first-order chi connectivity index (χ1) is 5.75. The summed E-state index contributed by atoms with van der Waals surface area (Å²) in [5.74, 6) is 0.289. The molecule has 0 heterocycles. The van der Waals surface area contributed by atoms with Crippen molar-refractivity contribution in [2.45, 2.75) is 12.8 Å². The quantitative estimate of drug-likeness (QED) is 0.663. The average molecular weight is 207 g/mol. The van der Waals surface area contributed by atoms with E-state index in [-0.39, 0.29) is 5.82 Å². The minimum absolute atomic E-state index is 0.243. The summed E-state index contributed by atoms with van der Waals surface area (Å²) in [6.45, 7) is 0. The van der Waals surface area contributed by atoms with Crippen LogP contribution in [0.4, 0.5) is 4.39 Å². The molecule has 0 nitrogen and oxygen atoms in total. The Morgan fingerprint density at radius 2 is 2.08 bits per heavy atom. The van der Waals surface area contributed by atoms with Gasteiger partial charge in [0.05, 0.1) is 0 Å². The summed E-state index contributed by atoms with van der Waals surface area (Å²) in [6.07, 6.45) is 1.36. The van der Waals surface area contributed by atoms with Crippen LogP contribution in [-0.2, 0) is 6.42 Å². The Labute approximate surface area is 81.3 Å². The van der Waals surface area contributed by atoms with Gasteiger partial charge in [0.15, 0.2) is 0 Å². The number of hydrogen-bond acceptors (Lipinski definition) is 0. The SMILES string of the molecule is Fc1cccc(Cl)c1CCCCl. The predicted octanol–water partition coefficient (Wildman–Crippen LogP) is 3.65. The van der Waals surface area contributed by atoms with Gasteiger partial charge in [0.2, 0.25) is 0 Å². The molecular weight excluding hydrogens is 198 g/mol. The molecule has 0 saturated carbocycles. The summed E-state index contributed by atoms with van der Waals surface area (Å²) in [4.78, 5) is 0. The largest absolute Gasteiger partial charge is 0.207 e. The molecule has 0 atom stereocenters. The van der Waals surface area contributed by atoms with Gasteiger partial charge >= 0.3 is 0 Å². The number of rotatable bonds is 3. The summed E-state index contributed by atoms with van der Waals surface area (Å²) >= 11 is 11.3. The van der Waals surface area contributed by atoms with Crippen molar-refractivity contribution in [3.05, 3.63) is 34.6 Å². The summed E-state index contributed by atoms with van der Waals surface area (Å²) in [6, 6.07) is 4.70. The second-order valence-corrected chi connectivity index (χ2v) is 3.28. The monoisotopic (exact) mass is 206 g/mol. The lowest BCUT2D eigenvalue weighted by Crippen LogP contribution is -1.92. The van der Waals surface area contributed by atoms with Crippen molar-refractivity contribution in [1.82, 2.24) is 0 Å². The van der Waals surface area contributed by atoms with Gasteiger partial charge in [0.25, 0.3) is 0 Å². The minimum Gasteiger partial charge on any atom is -0.207 e. The molecule has 66 valence electrons. The van der Waals surface area contributed by atoms with Crippen LogP contribution in [-0.4, -0.2) is 5.88 Å². The Morgan fingerprint density at radius 3 is 2.67 bits per heavy atom. The normalized spacial score (nSPS) is 10.2. The van der Waals surface area contributed by atoms with Crippen LogP contribution < -0.4 is 0 Å². The van der Waals surface area contributed by atoms with E-state index in [4.69, 9.17) is 23.2 Å². The van der Waals surface area contributed by atoms with Crippen LogP contribution in [0.15, 0.2) is 18.2 Å². The Balaban J connectivity index is 2.81. The fourth-order valence-corrected chi connectivity index (χ4v) is 1.41. The maximum absolute atomic E-state index is 13.0. The van der Waals surface area contributed by atoms with E-state index < -0.39 is 0 Å². The molecule has 0 bridgehead atoms. The Bertz CT molecular complexity index is 240. The van der Waals surface area contributed by atoms with Crippen molar-refractivity contribution in [2.75, 3.05) is 5.88 Å². The zero-order valence-electron chi connectivity index (χ0n) is 6.49. The van der Waals surface area contributed by atoms with Gasteiger partial charge in [0.1, 0.15) is 5.82 Å². The summed E-state index contributed by atoms with van der Waals surface area (Å²) in [5.41, 5.74) is 0.569. The molecule has 0 saturated heterocycles. The third kappa shape index (κ3) is 2.36. The smallest absolute Gasteiger partial charge is 0.127 e. The van der Waals surface area contributed by atoms with Crippen molar-refractivity contribution in [3.63, 3.8) is 0 Å². The van der Waals surface area contributed by atoms with Crippen molar-refractivity contribution >= 4 is 23.2 Å². The van der Waals surface area contributed by atoms with Crippen LogP contribution in [0.5, 0.6) is 0 Å². The molecule has 1 rings (SSSR count). The molecule has 0 radical (unpaired) electrons. The maximum Gasteiger partial charge on any atom is 0.127 e. The molecule has 0 spiro atoms. The average Bonchev–Trinajstić information content (AvgIpc) is 2.04. The van der Waals surface area contributed by atoms with E-state index in [0.29, 0.717) is 22.9 Å². The lowest BCUT2D eigenvalue weighted by Gasteiger charge is -2.03. The Kier molecular flexibility index (Phi) is 3.83. The first-order valence-electron chi connectivity index (χ1n) is 3.74. The van der Waals surface area contributed by atoms with E-state index >= 15 is 0 Å². The zero-order valence-corrected chi connectivity index (χ0v) is 8.00. The second-order valence-electron chi connectivity index (χ2n) is 2.49. The molecule has 0 fully saturated rings. The van der Waals surface area contributed by atoms with Crippen molar-refractivity contribution < 1.29 is 4.39 Å². The lowest BCUT2D eigenvalue weighted by atomic mass is 10.1. The zero-order chi connectivity index (χ0) is 8.97. The molecule has 1 aromatic carbocycles. The van der Waals surface area contributed by atoms with Gasteiger partial charge in [0, 0.05) is 16.5 Å². The van der Waals surface area contributed by atoms with Crippen LogP contribution in [0.2, 0.25) is 5.02 Å². The number of alkyl halides is 1. The van der Waals surface area contributed by atoms with Gasteiger partial charge in [-0.25, -0.2) is 4.39 Å². The highest BCUT2D eigenvalue weighted by molar-refractivity contribution is 6.31. The Morgan fingerprint density at radius 1 is 1.33 bits per heavy atom. The summed E-state index contributed by atoms with van der Waals surface area (Å²) in [7, 11) is 0. The molecule has 0 aliphatic rings. The van der Waals surface area contributed by atoms with Crippen LogP contribution >= 0.6 is 23.2 Å². The minimum atomic E-state index is -0.243. The van der Waals surface area contributed by atoms with Gasteiger partial charge < -0.3 is 0 Å². The number of halogens is 3. The molecule has 0 amide bonds. The first-order valence-corrected chi connectivity index (χ1v) is 4.66. The van der Waals surface area contributed by atoms with Gasteiger partial charge in [-0.05, 0) is 25.0 Å². The topological polar surface area (TPSA) is 0 Å². The van der Waals surface area contributed by atoms with Gasteiger partial charge in [-0.1, -0.05) is 17.7 Å². The fraction of sp³-hybridized carbons (Fsp3) is 0.333. The van der Waals surface area contributed by atoms with Crippen molar-refractivity contribution in [2.24, 2.45) is 0 Å². The van der Waals surface area contributed by atoms with Crippen molar-refractivity contribution in [3.8, 4) is 0 Å². The Hall–Kier alpha value is -0.270. The van der Waals surface area contributed by atoms with Gasteiger partial charge in [-0.2, -0.15) is 0 Å². The number of hydrogen-bond donors (Lipinski definition) is 0. The lowest BCUT2D eigenvalue weighted by molar-refractivity contribution is 0.608. The highest BCUT2D eigenvalue weighted by Gasteiger charge is 2.04. The van der Waals surface area contributed by atoms with E-state index in [1.54, 1.807) is 12.1 Å². The van der Waals surface area contributed by atoms with Crippen LogP contribution in [0.25, 0.3) is 0 Å². The summed E-state index contributed by atoms with van der Waals surface area (Å²) in [5, 5.41) is 0.486. The van der Waals surface area contributed by atoms with E-state index in [2.05, 4.69) is 0 Å². The van der Waals surface area contributed by atoms with Gasteiger partial charge in [-0.3, -0.25) is 0 Å². The molecule has 0 aliphatic heterocycles. The van der Waals surface area contributed by atoms with Crippen LogP contribution in [0.1, 0.15) is 12.0 Å². The molecule has 3 heteroatoms. The van der Waals surface area contributed by atoms with Crippen LogP contribution in [0, 0.1) is 5.82 Å². The van der Waals surface area contributed by atoms with Crippen molar-refractivity contribution in [1.29, 1.82) is 0 Å². The maximum atomic E-state index is 13.0. The number of benzene rings is 1. The fourth-order valence-electron chi connectivity index (χ4n) is 1.01. The molecule has 0 aromatic heterocycles. The van der Waals surface area contributed by atoms with E-state index in [1.165, 1.54) is 6.07 Å². The molecule has 12 heavy (non-hydrogen) atoms. The third-order valence-electron chi connectivity index (χ3n) is 1.62. The van der Waals surface area contributed by atoms with E-state index in [0.717, 1.165) is 6.42 Å². The highest BCUT2D eigenvalue weighted by Crippen LogP contribution is 2.20. The predicted molar refractivity (Wildman–Crippen MR) is 50.5 cm³/mol. The standard InChI is InChI=1S/C9H9Cl2F/c10-6-2-3-7-8(11)4-1-5-9(7)12/h1,4-5H,2-3,6H2. The molecular formula is C9H9Cl2F. The third-order valence-corrected chi connectivity index (χ3v) is 2.24. The van der Waals surface area contributed by atoms with E-state index in [9.17, 15) is 4.39 Å². The van der Waals surface area contributed by atoms with E-state index in [1.807, 2.05) is 0 Å². The highest BCUT2D eigenvalue weighted by atomic mass is 35.5. The van der Waals surface area contributed by atoms with Gasteiger partial charge in [-0.15, -0.1) is 11.6 Å². The molecule has 0 N–H and O–H groups in total. The second kappa shape index (κ2) is 4.68. The van der Waals surface area contributed by atoms with Crippen LogP contribution in [0.3, 0.4) is 0 Å². The summed E-state index contributed by atoms with van der Waals surface area (Å²) < 4.78 is 13.0. The molecule has 0 unspecified atom stereocenters. The molecule has 1 aromatic rings. The first kappa shape index (κ1) is 9.82. The molecule has 0 aliphatic carbocycles.